The zero-order chi connectivity index (χ0) is 25.8. The summed E-state index contributed by atoms with van der Waals surface area (Å²) >= 11 is 0. The fourth-order valence-corrected chi connectivity index (χ4v) is 3.78. The Morgan fingerprint density at radius 1 is 0.917 bits per heavy atom. The van der Waals surface area contributed by atoms with Crippen LogP contribution in [-0.2, 0) is 14.4 Å². The van der Waals surface area contributed by atoms with E-state index in [2.05, 4.69) is 10.7 Å². The summed E-state index contributed by atoms with van der Waals surface area (Å²) in [7, 11) is 0. The number of rotatable bonds is 5. The van der Waals surface area contributed by atoms with Gasteiger partial charge in [0.25, 0.3) is 17.7 Å². The van der Waals surface area contributed by atoms with Crippen molar-refractivity contribution in [3.8, 4) is 0 Å². The third-order valence-electron chi connectivity index (χ3n) is 5.43. The molecular weight excluding hydrogens is 467 g/mol. The number of carbonyl (C=O) groups excluding carboxylic acids is 5. The van der Waals surface area contributed by atoms with Gasteiger partial charge in [-0.25, -0.2) is 14.3 Å². The molecule has 1 atom stereocenters. The lowest BCUT2D eigenvalue weighted by molar-refractivity contribution is -0.123. The molecule has 1 aliphatic rings. The standard InChI is InChI=1S/C26H21FN4O5/c1-16(32)28-20-10-12-21(13-11-20)30-23(33)15-22(26(30)36)31(25(35)17-6-3-2-4-7-17)29-24(34)18-8-5-9-19(27)14-18/h2-14,22H,15H2,1H3,(H,28,32)(H,29,34). The monoisotopic (exact) mass is 488 g/mol. The summed E-state index contributed by atoms with van der Waals surface area (Å²) in [5.41, 5.74) is 3.21. The van der Waals surface area contributed by atoms with E-state index in [-0.39, 0.29) is 29.1 Å². The van der Waals surface area contributed by atoms with Gasteiger partial charge in [-0.1, -0.05) is 24.3 Å². The number of hydrazine groups is 1. The van der Waals surface area contributed by atoms with Crippen molar-refractivity contribution in [1.82, 2.24) is 10.4 Å². The molecule has 1 unspecified atom stereocenters. The quantitative estimate of drug-likeness (QED) is 0.423. The second-order valence-electron chi connectivity index (χ2n) is 8.01. The van der Waals surface area contributed by atoms with Crippen LogP contribution in [0.1, 0.15) is 34.1 Å². The van der Waals surface area contributed by atoms with Crippen molar-refractivity contribution in [2.45, 2.75) is 19.4 Å². The fraction of sp³-hybridized carbons (Fsp3) is 0.115. The van der Waals surface area contributed by atoms with Crippen molar-refractivity contribution in [1.29, 1.82) is 0 Å². The van der Waals surface area contributed by atoms with Crippen LogP contribution >= 0.6 is 0 Å². The molecule has 3 aromatic rings. The van der Waals surface area contributed by atoms with Crippen molar-refractivity contribution < 1.29 is 28.4 Å². The summed E-state index contributed by atoms with van der Waals surface area (Å²) in [6, 6.07) is 17.5. The van der Waals surface area contributed by atoms with Crippen molar-refractivity contribution in [3.63, 3.8) is 0 Å². The maximum Gasteiger partial charge on any atom is 0.273 e. The molecule has 1 aliphatic heterocycles. The minimum atomic E-state index is -1.34. The molecule has 36 heavy (non-hydrogen) atoms. The maximum atomic E-state index is 13.7. The van der Waals surface area contributed by atoms with E-state index in [9.17, 15) is 28.4 Å². The van der Waals surface area contributed by atoms with E-state index in [4.69, 9.17) is 0 Å². The maximum absolute atomic E-state index is 13.7. The highest BCUT2D eigenvalue weighted by Gasteiger charge is 2.45. The van der Waals surface area contributed by atoms with Gasteiger partial charge < -0.3 is 5.32 Å². The Balaban J connectivity index is 1.64. The van der Waals surface area contributed by atoms with E-state index >= 15 is 0 Å². The second kappa shape index (κ2) is 10.2. The lowest BCUT2D eigenvalue weighted by atomic mass is 10.1. The molecular formula is C26H21FN4O5. The number of hydrogen-bond acceptors (Lipinski definition) is 5. The third kappa shape index (κ3) is 5.12. The molecule has 1 fully saturated rings. The highest BCUT2D eigenvalue weighted by Crippen LogP contribution is 2.27. The Hall–Kier alpha value is -4.86. The lowest BCUT2D eigenvalue weighted by Crippen LogP contribution is -2.54. The topological polar surface area (TPSA) is 116 Å². The molecule has 0 aliphatic carbocycles. The van der Waals surface area contributed by atoms with Gasteiger partial charge in [0.15, 0.2) is 0 Å². The normalized spacial score (nSPS) is 14.9. The number of anilines is 2. The first-order chi connectivity index (χ1) is 17.2. The van der Waals surface area contributed by atoms with Crippen molar-refractivity contribution >= 4 is 40.9 Å². The summed E-state index contributed by atoms with van der Waals surface area (Å²) in [6.45, 7) is 1.35. The number of imide groups is 1. The molecule has 0 radical (unpaired) electrons. The minimum absolute atomic E-state index is 0.0666. The van der Waals surface area contributed by atoms with Gasteiger partial charge in [0.2, 0.25) is 11.8 Å². The largest absolute Gasteiger partial charge is 0.326 e. The Labute approximate surface area is 205 Å². The van der Waals surface area contributed by atoms with E-state index in [1.807, 2.05) is 0 Å². The van der Waals surface area contributed by atoms with E-state index < -0.39 is 35.5 Å². The van der Waals surface area contributed by atoms with Gasteiger partial charge in [0.05, 0.1) is 12.1 Å². The molecule has 10 heteroatoms. The van der Waals surface area contributed by atoms with Gasteiger partial charge >= 0.3 is 0 Å². The molecule has 0 aromatic heterocycles. The molecule has 1 heterocycles. The Bertz CT molecular complexity index is 1340. The van der Waals surface area contributed by atoms with E-state index in [0.717, 1.165) is 22.0 Å². The van der Waals surface area contributed by atoms with Crippen molar-refractivity contribution in [2.24, 2.45) is 0 Å². The first kappa shape index (κ1) is 24.3. The van der Waals surface area contributed by atoms with Crippen LogP contribution in [0.25, 0.3) is 0 Å². The summed E-state index contributed by atoms with van der Waals surface area (Å²) in [6.07, 6.45) is -0.381. The van der Waals surface area contributed by atoms with E-state index in [1.54, 1.807) is 18.2 Å². The van der Waals surface area contributed by atoms with Crippen LogP contribution < -0.4 is 15.6 Å². The molecule has 182 valence electrons. The Morgan fingerprint density at radius 3 is 2.22 bits per heavy atom. The summed E-state index contributed by atoms with van der Waals surface area (Å²) in [5.74, 6) is -3.77. The van der Waals surface area contributed by atoms with Gasteiger partial charge in [0, 0.05) is 23.7 Å². The zero-order valence-corrected chi connectivity index (χ0v) is 19.1. The van der Waals surface area contributed by atoms with Gasteiger partial charge in [-0.05, 0) is 54.6 Å². The fourth-order valence-electron chi connectivity index (χ4n) is 3.78. The predicted octanol–water partition coefficient (Wildman–Crippen LogP) is 2.90. The third-order valence-corrected chi connectivity index (χ3v) is 5.43. The number of amides is 5. The second-order valence-corrected chi connectivity index (χ2v) is 8.01. The summed E-state index contributed by atoms with van der Waals surface area (Å²) < 4.78 is 13.7. The minimum Gasteiger partial charge on any atom is -0.326 e. The number of benzene rings is 3. The van der Waals surface area contributed by atoms with Crippen molar-refractivity contribution in [3.05, 3.63) is 95.8 Å². The van der Waals surface area contributed by atoms with Crippen LogP contribution in [0.2, 0.25) is 0 Å². The van der Waals surface area contributed by atoms with Crippen LogP contribution in [0.3, 0.4) is 0 Å². The lowest BCUT2D eigenvalue weighted by Gasteiger charge is -2.28. The average Bonchev–Trinajstić information content (AvgIpc) is 3.16. The van der Waals surface area contributed by atoms with Gasteiger partial charge in [-0.15, -0.1) is 0 Å². The van der Waals surface area contributed by atoms with Gasteiger partial charge in [-0.3, -0.25) is 29.4 Å². The smallest absolute Gasteiger partial charge is 0.273 e. The van der Waals surface area contributed by atoms with Crippen LogP contribution in [0.5, 0.6) is 0 Å². The Kier molecular flexibility index (Phi) is 6.86. The molecule has 2 N–H and O–H groups in total. The van der Waals surface area contributed by atoms with Crippen molar-refractivity contribution in [2.75, 3.05) is 10.2 Å². The highest BCUT2D eigenvalue weighted by atomic mass is 19.1. The van der Waals surface area contributed by atoms with E-state index in [0.29, 0.717) is 5.69 Å². The average molecular weight is 488 g/mol. The van der Waals surface area contributed by atoms with Gasteiger partial charge in [-0.2, -0.15) is 0 Å². The molecule has 3 aromatic carbocycles. The molecule has 0 saturated carbocycles. The van der Waals surface area contributed by atoms with E-state index in [1.165, 1.54) is 55.5 Å². The SMILES string of the molecule is CC(=O)Nc1ccc(N2C(=O)CC(N(NC(=O)c3cccc(F)c3)C(=O)c3ccccc3)C2=O)cc1. The number of halogens is 1. The summed E-state index contributed by atoms with van der Waals surface area (Å²) in [5, 5.41) is 3.41. The molecule has 4 rings (SSSR count). The molecule has 9 nitrogen and oxygen atoms in total. The molecule has 0 spiro atoms. The highest BCUT2D eigenvalue weighted by molar-refractivity contribution is 6.23. The van der Waals surface area contributed by atoms with Gasteiger partial charge in [0.1, 0.15) is 11.9 Å². The molecule has 5 amide bonds. The van der Waals surface area contributed by atoms with Crippen LogP contribution in [0, 0.1) is 5.82 Å². The van der Waals surface area contributed by atoms with Crippen LogP contribution in [-0.4, -0.2) is 40.6 Å². The number of nitrogens with one attached hydrogen (secondary N) is 2. The summed E-state index contributed by atoms with van der Waals surface area (Å²) in [4.78, 5) is 64.6. The zero-order valence-electron chi connectivity index (χ0n) is 19.1. The number of hydrogen-bond donors (Lipinski definition) is 2. The Morgan fingerprint density at radius 2 is 1.58 bits per heavy atom. The molecule has 0 bridgehead atoms. The molecule has 1 saturated heterocycles. The first-order valence-electron chi connectivity index (χ1n) is 10.9. The number of nitrogens with zero attached hydrogens (tertiary/aromatic N) is 2. The predicted molar refractivity (Wildman–Crippen MR) is 128 cm³/mol. The number of carbonyl (C=O) groups is 5. The van der Waals surface area contributed by atoms with Crippen LogP contribution in [0.4, 0.5) is 15.8 Å². The van der Waals surface area contributed by atoms with Crippen LogP contribution in [0.15, 0.2) is 78.9 Å². The first-order valence-corrected chi connectivity index (χ1v) is 10.9.